The van der Waals surface area contributed by atoms with Crippen molar-refractivity contribution in [1.82, 2.24) is 10.3 Å². The molecule has 1 heterocycles. The van der Waals surface area contributed by atoms with Crippen LogP contribution in [-0.4, -0.2) is 17.5 Å². The molecule has 5 nitrogen and oxygen atoms in total. The van der Waals surface area contributed by atoms with Gasteiger partial charge in [0.2, 0.25) is 0 Å². The van der Waals surface area contributed by atoms with Crippen LogP contribution in [0.2, 0.25) is 0 Å². The Morgan fingerprint density at radius 3 is 2.31 bits per heavy atom. The van der Waals surface area contributed by atoms with Crippen molar-refractivity contribution < 1.29 is 9.53 Å². The van der Waals surface area contributed by atoms with Crippen LogP contribution in [0.4, 0.5) is 0 Å². The number of aromatic nitrogens is 1. The number of carbonyl (C=O) groups excluding carboxylic acids is 1. The molecular formula is C21H20N2O3. The zero-order valence-electron chi connectivity index (χ0n) is 14.4. The maximum Gasteiger partial charge on any atom is 0.260 e. The number of ether oxygens (including phenoxy) is 1. The summed E-state index contributed by atoms with van der Waals surface area (Å²) in [7, 11) is 0. The largest absolute Gasteiger partial charge is 0.491 e. The highest BCUT2D eigenvalue weighted by Crippen LogP contribution is 2.16. The van der Waals surface area contributed by atoms with E-state index < -0.39 is 11.5 Å². The van der Waals surface area contributed by atoms with Gasteiger partial charge >= 0.3 is 0 Å². The van der Waals surface area contributed by atoms with Crippen molar-refractivity contribution >= 4 is 5.91 Å². The molecule has 0 radical (unpaired) electrons. The summed E-state index contributed by atoms with van der Waals surface area (Å²) in [6.45, 7) is 2.02. The van der Waals surface area contributed by atoms with Crippen molar-refractivity contribution in [3.05, 3.63) is 100.0 Å². The van der Waals surface area contributed by atoms with Crippen molar-refractivity contribution in [2.45, 2.75) is 13.0 Å². The first-order valence-corrected chi connectivity index (χ1v) is 8.37. The van der Waals surface area contributed by atoms with E-state index in [2.05, 4.69) is 10.3 Å². The summed E-state index contributed by atoms with van der Waals surface area (Å²) in [6, 6.07) is 21.8. The van der Waals surface area contributed by atoms with Crippen LogP contribution < -0.4 is 15.6 Å². The number of hydrogen-bond donors (Lipinski definition) is 2. The van der Waals surface area contributed by atoms with Crippen LogP contribution in [0.3, 0.4) is 0 Å². The van der Waals surface area contributed by atoms with Crippen LogP contribution in [0, 0.1) is 6.92 Å². The lowest BCUT2D eigenvalue weighted by Gasteiger charge is -2.20. The second kappa shape index (κ2) is 8.16. The molecule has 26 heavy (non-hydrogen) atoms. The molecule has 0 saturated heterocycles. The second-order valence-corrected chi connectivity index (χ2v) is 5.94. The van der Waals surface area contributed by atoms with Crippen molar-refractivity contribution in [2.75, 3.05) is 6.61 Å². The number of aromatic amines is 1. The SMILES string of the molecule is Cc1ccc(C(=O)N[C@@H](COc2ccccc2)c2ccccc2)c(=O)[nH]1. The lowest BCUT2D eigenvalue weighted by molar-refractivity contribution is 0.0919. The van der Waals surface area contributed by atoms with Gasteiger partial charge < -0.3 is 15.0 Å². The predicted octanol–water partition coefficient (Wildman–Crippen LogP) is 3.23. The molecule has 0 aliphatic heterocycles. The van der Waals surface area contributed by atoms with E-state index >= 15 is 0 Å². The van der Waals surface area contributed by atoms with Crippen LogP contribution in [-0.2, 0) is 0 Å². The third-order valence-corrected chi connectivity index (χ3v) is 3.97. The molecule has 1 atom stereocenters. The quantitative estimate of drug-likeness (QED) is 0.718. The summed E-state index contributed by atoms with van der Waals surface area (Å²) in [5.74, 6) is 0.285. The highest BCUT2D eigenvalue weighted by Gasteiger charge is 2.18. The summed E-state index contributed by atoms with van der Waals surface area (Å²) in [4.78, 5) is 27.3. The van der Waals surface area contributed by atoms with E-state index in [4.69, 9.17) is 4.74 Å². The molecule has 0 spiro atoms. The summed E-state index contributed by atoms with van der Waals surface area (Å²) >= 11 is 0. The Labute approximate surface area is 151 Å². The number of H-pyrrole nitrogens is 1. The van der Waals surface area contributed by atoms with Gasteiger partial charge in [-0.15, -0.1) is 0 Å². The highest BCUT2D eigenvalue weighted by molar-refractivity contribution is 5.94. The van der Waals surface area contributed by atoms with Crippen molar-refractivity contribution in [3.63, 3.8) is 0 Å². The Hall–Kier alpha value is -3.34. The number of carbonyl (C=O) groups is 1. The zero-order chi connectivity index (χ0) is 18.4. The molecular weight excluding hydrogens is 328 g/mol. The maximum absolute atomic E-state index is 12.6. The molecule has 5 heteroatoms. The van der Waals surface area contributed by atoms with E-state index in [-0.39, 0.29) is 18.2 Å². The van der Waals surface area contributed by atoms with Gasteiger partial charge in [-0.25, -0.2) is 0 Å². The van der Waals surface area contributed by atoms with E-state index in [0.717, 1.165) is 11.3 Å². The first-order valence-electron chi connectivity index (χ1n) is 8.37. The Balaban J connectivity index is 1.79. The molecule has 0 aliphatic rings. The molecule has 2 aromatic carbocycles. The smallest absolute Gasteiger partial charge is 0.260 e. The summed E-state index contributed by atoms with van der Waals surface area (Å²) in [6.07, 6.45) is 0. The van der Waals surface area contributed by atoms with E-state index in [1.165, 1.54) is 6.07 Å². The molecule has 1 aromatic heterocycles. The fourth-order valence-electron chi connectivity index (χ4n) is 2.59. The lowest BCUT2D eigenvalue weighted by atomic mass is 10.1. The van der Waals surface area contributed by atoms with Crippen LogP contribution in [0.25, 0.3) is 0 Å². The fourth-order valence-corrected chi connectivity index (χ4v) is 2.59. The molecule has 0 unspecified atom stereocenters. The van der Waals surface area contributed by atoms with Gasteiger partial charge in [-0.3, -0.25) is 9.59 Å². The minimum atomic E-state index is -0.434. The maximum atomic E-state index is 12.6. The predicted molar refractivity (Wildman–Crippen MR) is 100 cm³/mol. The van der Waals surface area contributed by atoms with Crippen molar-refractivity contribution in [3.8, 4) is 5.75 Å². The third-order valence-electron chi connectivity index (χ3n) is 3.97. The monoisotopic (exact) mass is 348 g/mol. The normalized spacial score (nSPS) is 11.6. The summed E-state index contributed by atoms with van der Waals surface area (Å²) in [5, 5.41) is 2.90. The van der Waals surface area contributed by atoms with Gasteiger partial charge in [0.15, 0.2) is 0 Å². The molecule has 3 rings (SSSR count). The summed E-state index contributed by atoms with van der Waals surface area (Å²) in [5.41, 5.74) is 1.29. The number of amides is 1. The van der Waals surface area contributed by atoms with Crippen molar-refractivity contribution in [2.24, 2.45) is 0 Å². The Morgan fingerprint density at radius 1 is 1.00 bits per heavy atom. The molecule has 2 N–H and O–H groups in total. The van der Waals surface area contributed by atoms with E-state index in [9.17, 15) is 9.59 Å². The van der Waals surface area contributed by atoms with E-state index in [1.807, 2.05) is 60.7 Å². The van der Waals surface area contributed by atoms with E-state index in [1.54, 1.807) is 13.0 Å². The van der Waals surface area contributed by atoms with Gasteiger partial charge in [-0.05, 0) is 36.8 Å². The number of benzene rings is 2. The van der Waals surface area contributed by atoms with Gasteiger partial charge in [0.25, 0.3) is 11.5 Å². The lowest BCUT2D eigenvalue weighted by Crippen LogP contribution is -2.35. The van der Waals surface area contributed by atoms with Gasteiger partial charge in [-0.2, -0.15) is 0 Å². The molecule has 0 saturated carbocycles. The topological polar surface area (TPSA) is 71.2 Å². The van der Waals surface area contributed by atoms with Crippen LogP contribution in [0.5, 0.6) is 5.75 Å². The zero-order valence-corrected chi connectivity index (χ0v) is 14.4. The molecule has 0 aliphatic carbocycles. The number of hydrogen-bond acceptors (Lipinski definition) is 3. The molecule has 1 amide bonds. The fraction of sp³-hybridized carbons (Fsp3) is 0.143. The van der Waals surface area contributed by atoms with Gasteiger partial charge in [0.05, 0.1) is 6.04 Å². The molecule has 0 fully saturated rings. The molecule has 3 aromatic rings. The second-order valence-electron chi connectivity index (χ2n) is 5.94. The van der Waals surface area contributed by atoms with E-state index in [0.29, 0.717) is 5.69 Å². The Morgan fingerprint density at radius 2 is 1.65 bits per heavy atom. The van der Waals surface area contributed by atoms with Crippen LogP contribution >= 0.6 is 0 Å². The van der Waals surface area contributed by atoms with Gasteiger partial charge in [0.1, 0.15) is 17.9 Å². The Bertz CT molecular complexity index is 921. The number of pyridine rings is 1. The van der Waals surface area contributed by atoms with Gasteiger partial charge in [0, 0.05) is 5.69 Å². The van der Waals surface area contributed by atoms with Crippen molar-refractivity contribution in [1.29, 1.82) is 0 Å². The Kier molecular flexibility index (Phi) is 5.49. The molecule has 132 valence electrons. The molecule has 0 bridgehead atoms. The average molecular weight is 348 g/mol. The number of para-hydroxylation sites is 1. The number of rotatable bonds is 6. The first kappa shape index (κ1) is 17.5. The third kappa shape index (κ3) is 4.39. The number of aryl methyl sites for hydroxylation is 1. The van der Waals surface area contributed by atoms with Gasteiger partial charge in [-0.1, -0.05) is 48.5 Å². The average Bonchev–Trinajstić information content (AvgIpc) is 2.66. The van der Waals surface area contributed by atoms with Crippen LogP contribution in [0.15, 0.2) is 77.6 Å². The minimum Gasteiger partial charge on any atom is -0.491 e. The minimum absolute atomic E-state index is 0.0799. The number of nitrogens with one attached hydrogen (secondary N) is 2. The summed E-state index contributed by atoms with van der Waals surface area (Å²) < 4.78 is 5.81. The van der Waals surface area contributed by atoms with Crippen LogP contribution in [0.1, 0.15) is 27.7 Å². The standard InChI is InChI=1S/C21H20N2O3/c1-15-12-13-18(20(24)22-15)21(25)23-19(16-8-4-2-5-9-16)14-26-17-10-6-3-7-11-17/h2-13,19H,14H2,1H3,(H,22,24)(H,23,25)/t19-/m0/s1. The highest BCUT2D eigenvalue weighted by atomic mass is 16.5. The first-order chi connectivity index (χ1) is 12.6.